The molecule has 0 spiro atoms. The molecule has 1 fully saturated rings. The van der Waals surface area contributed by atoms with Crippen molar-refractivity contribution in [3.63, 3.8) is 0 Å². The van der Waals surface area contributed by atoms with Crippen LogP contribution in [-0.2, 0) is 4.74 Å². The zero-order valence-electron chi connectivity index (χ0n) is 12.3. The molecule has 1 aliphatic rings. The molecule has 4 heteroatoms. The van der Waals surface area contributed by atoms with Crippen LogP contribution in [0.5, 0.6) is 0 Å². The van der Waals surface area contributed by atoms with Gasteiger partial charge in [0.05, 0.1) is 18.4 Å². The van der Waals surface area contributed by atoms with E-state index in [4.69, 9.17) is 4.74 Å². The number of nitrogens with one attached hydrogen (secondary N) is 1. The highest BCUT2D eigenvalue weighted by Gasteiger charge is 2.32. The Morgan fingerprint density at radius 2 is 2.15 bits per heavy atom. The minimum absolute atomic E-state index is 0.137. The van der Waals surface area contributed by atoms with E-state index in [1.807, 2.05) is 0 Å². The van der Waals surface area contributed by atoms with Crippen molar-refractivity contribution >= 4 is 11.7 Å². The van der Waals surface area contributed by atoms with Gasteiger partial charge in [-0.1, -0.05) is 26.7 Å². The Bertz CT molecular complexity index is 499. The van der Waals surface area contributed by atoms with Crippen LogP contribution in [0.4, 0.5) is 10.1 Å². The molecular formula is C16H22FNO2. The number of benzene rings is 1. The number of methoxy groups -OCH3 is 1. The lowest BCUT2D eigenvalue weighted by Gasteiger charge is -2.39. The molecule has 1 unspecified atom stereocenters. The molecule has 0 radical (unpaired) electrons. The molecule has 0 amide bonds. The zero-order valence-corrected chi connectivity index (χ0v) is 12.3. The molecule has 0 aromatic heterocycles. The fourth-order valence-corrected chi connectivity index (χ4v) is 2.87. The topological polar surface area (TPSA) is 38.3 Å². The summed E-state index contributed by atoms with van der Waals surface area (Å²) in [6.45, 7) is 4.42. The molecule has 20 heavy (non-hydrogen) atoms. The molecule has 2 rings (SSSR count). The highest BCUT2D eigenvalue weighted by atomic mass is 19.1. The maximum Gasteiger partial charge on any atom is 0.339 e. The number of anilines is 1. The molecule has 1 saturated carbocycles. The Morgan fingerprint density at radius 3 is 2.80 bits per heavy atom. The van der Waals surface area contributed by atoms with Crippen LogP contribution < -0.4 is 5.32 Å². The van der Waals surface area contributed by atoms with Crippen molar-refractivity contribution in [1.82, 2.24) is 0 Å². The van der Waals surface area contributed by atoms with E-state index in [-0.39, 0.29) is 17.3 Å². The molecule has 1 aromatic carbocycles. The smallest absolute Gasteiger partial charge is 0.339 e. The molecule has 0 bridgehead atoms. The number of hydrogen-bond donors (Lipinski definition) is 1. The molecule has 1 aromatic rings. The average molecular weight is 279 g/mol. The summed E-state index contributed by atoms with van der Waals surface area (Å²) in [5.41, 5.74) is 1.05. The van der Waals surface area contributed by atoms with Crippen molar-refractivity contribution in [1.29, 1.82) is 0 Å². The van der Waals surface area contributed by atoms with Crippen molar-refractivity contribution in [2.45, 2.75) is 45.6 Å². The fraction of sp³-hybridized carbons (Fsp3) is 0.562. The van der Waals surface area contributed by atoms with Crippen molar-refractivity contribution in [2.75, 3.05) is 12.4 Å². The largest absolute Gasteiger partial charge is 0.465 e. The molecule has 1 N–H and O–H groups in total. The molecule has 1 aliphatic carbocycles. The van der Waals surface area contributed by atoms with Crippen LogP contribution in [0.1, 0.15) is 49.9 Å². The number of hydrogen-bond acceptors (Lipinski definition) is 3. The molecule has 0 saturated heterocycles. The number of esters is 1. The zero-order chi connectivity index (χ0) is 14.8. The number of carbonyl (C=O) groups is 1. The van der Waals surface area contributed by atoms with Crippen LogP contribution in [0.3, 0.4) is 0 Å². The Hall–Kier alpha value is -1.58. The summed E-state index contributed by atoms with van der Waals surface area (Å²) in [4.78, 5) is 11.8. The van der Waals surface area contributed by atoms with Crippen LogP contribution in [0.25, 0.3) is 0 Å². The van der Waals surface area contributed by atoms with Gasteiger partial charge >= 0.3 is 5.97 Å². The van der Waals surface area contributed by atoms with Crippen molar-refractivity contribution < 1.29 is 13.9 Å². The van der Waals surface area contributed by atoms with E-state index in [0.29, 0.717) is 11.3 Å². The second kappa shape index (κ2) is 5.81. The monoisotopic (exact) mass is 279 g/mol. The number of halogens is 1. The van der Waals surface area contributed by atoms with E-state index in [1.54, 1.807) is 0 Å². The van der Waals surface area contributed by atoms with Gasteiger partial charge in [-0.15, -0.1) is 0 Å². The van der Waals surface area contributed by atoms with Gasteiger partial charge in [0.1, 0.15) is 5.82 Å². The number of rotatable bonds is 3. The molecule has 1 atom stereocenters. The van der Waals surface area contributed by atoms with Gasteiger partial charge in [-0.25, -0.2) is 9.18 Å². The third kappa shape index (κ3) is 3.11. The van der Waals surface area contributed by atoms with Gasteiger partial charge in [0.15, 0.2) is 0 Å². The summed E-state index contributed by atoms with van der Waals surface area (Å²) in [6, 6.07) is 4.36. The molecule has 3 nitrogen and oxygen atoms in total. The summed E-state index contributed by atoms with van der Waals surface area (Å²) in [6.07, 6.45) is 4.54. The van der Waals surface area contributed by atoms with Crippen molar-refractivity contribution in [2.24, 2.45) is 5.41 Å². The standard InChI is InChI=1S/C16H22FNO2/c1-16(2)9-5-4-6-14(16)18-13-10-11(17)7-8-12(13)15(19)20-3/h7-8,10,14,18H,4-6,9H2,1-3H3. The van der Waals surface area contributed by atoms with Crippen molar-refractivity contribution in [3.05, 3.63) is 29.6 Å². The van der Waals surface area contributed by atoms with Gasteiger partial charge in [0.2, 0.25) is 0 Å². The second-order valence-corrected chi connectivity index (χ2v) is 6.11. The van der Waals surface area contributed by atoms with Gasteiger partial charge in [-0.2, -0.15) is 0 Å². The lowest BCUT2D eigenvalue weighted by atomic mass is 9.73. The van der Waals surface area contributed by atoms with Crippen LogP contribution in [0, 0.1) is 11.2 Å². The van der Waals surface area contributed by atoms with Crippen molar-refractivity contribution in [3.8, 4) is 0 Å². The third-order valence-corrected chi connectivity index (χ3v) is 4.22. The minimum Gasteiger partial charge on any atom is -0.465 e. The van der Waals surface area contributed by atoms with Crippen LogP contribution in [-0.4, -0.2) is 19.1 Å². The highest BCUT2D eigenvalue weighted by molar-refractivity contribution is 5.95. The maximum atomic E-state index is 13.5. The second-order valence-electron chi connectivity index (χ2n) is 6.11. The molecule has 110 valence electrons. The molecule has 0 heterocycles. The first kappa shape index (κ1) is 14.8. The van der Waals surface area contributed by atoms with Gasteiger partial charge in [0, 0.05) is 6.04 Å². The lowest BCUT2D eigenvalue weighted by molar-refractivity contribution is 0.0601. The van der Waals surface area contributed by atoms with Gasteiger partial charge < -0.3 is 10.1 Å². The normalized spacial score (nSPS) is 21.3. The predicted molar refractivity (Wildman–Crippen MR) is 77.4 cm³/mol. The molecule has 0 aliphatic heterocycles. The summed E-state index contributed by atoms with van der Waals surface area (Å²) in [5.74, 6) is -0.796. The van der Waals surface area contributed by atoms with E-state index in [2.05, 4.69) is 19.2 Å². The Morgan fingerprint density at radius 1 is 1.40 bits per heavy atom. The fourth-order valence-electron chi connectivity index (χ4n) is 2.87. The Labute approximate surface area is 119 Å². The first-order chi connectivity index (χ1) is 9.44. The highest BCUT2D eigenvalue weighted by Crippen LogP contribution is 2.37. The Balaban J connectivity index is 2.27. The predicted octanol–water partition coefficient (Wildman–Crippen LogP) is 3.99. The summed E-state index contributed by atoms with van der Waals surface area (Å²) >= 11 is 0. The summed E-state index contributed by atoms with van der Waals surface area (Å²) < 4.78 is 18.2. The lowest BCUT2D eigenvalue weighted by Crippen LogP contribution is -2.39. The van der Waals surface area contributed by atoms with Gasteiger partial charge in [-0.3, -0.25) is 0 Å². The Kier molecular flexibility index (Phi) is 4.31. The SMILES string of the molecule is COC(=O)c1ccc(F)cc1NC1CCCCC1(C)C. The van der Waals surface area contributed by atoms with Crippen LogP contribution in [0.15, 0.2) is 18.2 Å². The molecular weight excluding hydrogens is 257 g/mol. The minimum atomic E-state index is -0.443. The number of carbonyl (C=O) groups excluding carboxylic acids is 1. The van der Waals surface area contributed by atoms with E-state index in [9.17, 15) is 9.18 Å². The average Bonchev–Trinajstić information content (AvgIpc) is 2.40. The van der Waals surface area contributed by atoms with Gasteiger partial charge in [0.25, 0.3) is 0 Å². The maximum absolute atomic E-state index is 13.5. The van der Waals surface area contributed by atoms with E-state index in [0.717, 1.165) is 19.3 Å². The first-order valence-electron chi connectivity index (χ1n) is 7.08. The quantitative estimate of drug-likeness (QED) is 0.850. The first-order valence-corrected chi connectivity index (χ1v) is 7.08. The summed E-state index contributed by atoms with van der Waals surface area (Å²) in [7, 11) is 1.33. The number of ether oxygens (including phenoxy) is 1. The van der Waals surface area contributed by atoms with Crippen LogP contribution >= 0.6 is 0 Å². The van der Waals surface area contributed by atoms with E-state index >= 15 is 0 Å². The summed E-state index contributed by atoms with van der Waals surface area (Å²) in [5, 5.41) is 3.35. The third-order valence-electron chi connectivity index (χ3n) is 4.22. The van der Waals surface area contributed by atoms with Crippen LogP contribution in [0.2, 0.25) is 0 Å². The van der Waals surface area contributed by atoms with Gasteiger partial charge in [-0.05, 0) is 36.5 Å². The van der Waals surface area contributed by atoms with E-state index < -0.39 is 5.97 Å². The van der Waals surface area contributed by atoms with E-state index in [1.165, 1.54) is 31.7 Å².